The van der Waals surface area contributed by atoms with Crippen molar-refractivity contribution in [2.75, 3.05) is 21.3 Å². The van der Waals surface area contributed by atoms with Crippen molar-refractivity contribution in [2.24, 2.45) is 0 Å². The molecule has 0 unspecified atom stereocenters. The molecule has 0 bridgehead atoms. The molecule has 4 aromatic carbocycles. The third-order valence-corrected chi connectivity index (χ3v) is 9.86. The Morgan fingerprint density at radius 3 is 1.27 bits per heavy atom. The summed E-state index contributed by atoms with van der Waals surface area (Å²) >= 11 is 0. The first-order chi connectivity index (χ1) is 39.3. The van der Waals surface area contributed by atoms with Gasteiger partial charge in [0, 0.05) is 84.9 Å². The van der Waals surface area contributed by atoms with Crippen molar-refractivity contribution in [2.45, 2.75) is 13.1 Å². The zero-order valence-electron chi connectivity index (χ0n) is 47.8. The van der Waals surface area contributed by atoms with E-state index in [-0.39, 0.29) is 44.5 Å². The van der Waals surface area contributed by atoms with E-state index in [1.54, 1.807) is 91.0 Å². The Labute approximate surface area is 439 Å². The molecule has 18 heteroatoms. The Balaban J connectivity index is 0.000000192. The average Bonchev–Trinajstić information content (AvgIpc) is 3.64. The van der Waals surface area contributed by atoms with Crippen LogP contribution in [0.4, 0.5) is 0 Å². The summed E-state index contributed by atoms with van der Waals surface area (Å²) in [5.74, 6) is -1.78. The molecule has 0 aliphatic heterocycles. The van der Waals surface area contributed by atoms with Gasteiger partial charge in [-0.3, -0.25) is 37.4 Å². The maximum absolute atomic E-state index is 11.9. The Kier molecular flexibility index (Phi) is 17.2. The van der Waals surface area contributed by atoms with Crippen molar-refractivity contribution in [1.82, 2.24) is 18.3 Å². The van der Waals surface area contributed by atoms with Gasteiger partial charge in [0.05, 0.1) is 53.6 Å². The SMILES string of the molecule is COC(=O)c1ccc(=O)n(-c2ccccc2)c1.COC(=O)c1ccc(=O)oc1.[2H]C([2H])(O)c1ccc(=O)n(-c2ccccc2)c1.[2H]C([2H])([2H])OC([2H])([2H])c1ccc(=O)n(-c2ccccc2)c1.[2H]OC(=O)c1ccc(=O)n(-c2ccccc2)c1. The fourth-order valence-corrected chi connectivity index (χ4v) is 6.25. The van der Waals surface area contributed by atoms with Gasteiger partial charge in [-0.05, 0) is 90.0 Å². The van der Waals surface area contributed by atoms with E-state index < -0.39 is 43.7 Å². The highest BCUT2D eigenvalue weighted by Crippen LogP contribution is 2.10. The van der Waals surface area contributed by atoms with Crippen LogP contribution in [0.1, 0.15) is 51.8 Å². The first-order valence-corrected chi connectivity index (χ1v) is 21.8. The first-order valence-electron chi connectivity index (χ1n) is 25.8. The molecule has 0 aliphatic rings. The lowest BCUT2D eigenvalue weighted by molar-refractivity contribution is 0.0589. The molecular weight excluding hydrogens is 965 g/mol. The zero-order valence-corrected chi connectivity index (χ0v) is 39.8. The summed E-state index contributed by atoms with van der Waals surface area (Å²) in [6.07, 6.45) is 6.44. The largest absolute Gasteiger partial charge is 0.478 e. The van der Waals surface area contributed by atoms with Crippen LogP contribution >= 0.6 is 0 Å². The summed E-state index contributed by atoms with van der Waals surface area (Å²) in [6, 6.07) is 48.3. The lowest BCUT2D eigenvalue weighted by Gasteiger charge is -2.07. The topological polar surface area (TPSA) is 238 Å². The smallest absolute Gasteiger partial charge is 0.341 e. The fourth-order valence-electron chi connectivity index (χ4n) is 6.25. The second kappa shape index (κ2) is 28.7. The van der Waals surface area contributed by atoms with Gasteiger partial charge in [0.2, 0.25) is 0 Å². The van der Waals surface area contributed by atoms with Crippen LogP contribution in [-0.4, -0.2) is 67.6 Å². The maximum Gasteiger partial charge on any atom is 0.341 e. The molecule has 2 N–H and O–H groups in total. The van der Waals surface area contributed by atoms with E-state index in [2.05, 4.69) is 23.7 Å². The summed E-state index contributed by atoms with van der Waals surface area (Å²) in [6.45, 7) is -4.99. The Hall–Kier alpha value is -10.0. The van der Waals surface area contributed by atoms with Crippen molar-refractivity contribution in [3.05, 3.63) is 293 Å². The van der Waals surface area contributed by atoms with Gasteiger partial charge in [0.25, 0.3) is 23.7 Å². The summed E-state index contributed by atoms with van der Waals surface area (Å²) in [7, 11) is -0.315. The quantitative estimate of drug-likeness (QED) is 0.133. The highest BCUT2D eigenvalue weighted by Gasteiger charge is 2.09. The Bertz CT molecular complexity index is 3800. The number of carbonyl (C=O) groups is 3. The second-order valence-electron chi connectivity index (χ2n) is 14.8. The molecule has 9 aromatic rings. The summed E-state index contributed by atoms with van der Waals surface area (Å²) in [4.78, 5) is 90.6. The van der Waals surface area contributed by atoms with Crippen molar-refractivity contribution in [3.8, 4) is 22.7 Å². The Morgan fingerprint density at radius 1 is 0.493 bits per heavy atom. The molecule has 0 spiro atoms. The van der Waals surface area contributed by atoms with Crippen molar-refractivity contribution in [3.63, 3.8) is 0 Å². The number of carboxylic acid groups (broad SMARTS) is 1. The van der Waals surface area contributed by atoms with Crippen LogP contribution in [0.3, 0.4) is 0 Å². The molecular formula is C57H50N4O14. The molecule has 75 heavy (non-hydrogen) atoms. The van der Waals surface area contributed by atoms with Gasteiger partial charge in [-0.1, -0.05) is 72.8 Å². The molecule has 18 nitrogen and oxygen atoms in total. The van der Waals surface area contributed by atoms with Gasteiger partial charge < -0.3 is 28.8 Å². The maximum atomic E-state index is 11.9. The lowest BCUT2D eigenvalue weighted by atomic mass is 10.2. The van der Waals surface area contributed by atoms with Crippen molar-refractivity contribution < 1.29 is 52.8 Å². The number of carbonyl (C=O) groups excluding carboxylic acids is 2. The number of ether oxygens (including phenoxy) is 3. The van der Waals surface area contributed by atoms with Gasteiger partial charge in [-0.15, -0.1) is 0 Å². The van der Waals surface area contributed by atoms with E-state index in [9.17, 15) is 43.5 Å². The number of nitrogens with zero attached hydrogens (tertiary/aromatic N) is 4. The number of pyridine rings is 4. The van der Waals surface area contributed by atoms with Crippen LogP contribution in [0.25, 0.3) is 24.2 Å². The number of esters is 2. The van der Waals surface area contributed by atoms with Crippen LogP contribution in [0.15, 0.2) is 241 Å². The standard InChI is InChI=1S/C13H11NO3.C13H13NO2.C12H9NO3.C12H11NO2.C7H6O4/c1-17-13(16)10-7-8-12(15)14(9-10)11-5-3-2-4-6-11;1-16-10-11-7-8-13(15)14(9-11)12-5-3-2-4-6-12;14-11-7-6-9(12(15)16)8-13(11)10-4-2-1-3-5-10;14-9-10-6-7-12(15)13(8-10)11-4-2-1-3-5-11;1-10-7(9)5-2-3-6(8)11-4-5/h2-9H,1H3;2-9H,10H2,1H3;1-8H,(H,15,16);1-8,14H,9H2;2-4H,1H3/i;1D3,10D2;;9D2;/hD. The van der Waals surface area contributed by atoms with Gasteiger partial charge in [-0.25, -0.2) is 19.2 Å². The average molecular weight is 1020 g/mol. The van der Waals surface area contributed by atoms with Crippen LogP contribution in [0.5, 0.6) is 0 Å². The second-order valence-corrected chi connectivity index (χ2v) is 14.8. The van der Waals surface area contributed by atoms with E-state index >= 15 is 0 Å². The normalized spacial score (nSPS) is 12.0. The van der Waals surface area contributed by atoms with Crippen molar-refractivity contribution in [1.29, 1.82) is 1.43 Å². The minimum atomic E-state index is -2.88. The lowest BCUT2D eigenvalue weighted by Crippen LogP contribution is -2.18. The van der Waals surface area contributed by atoms with E-state index in [0.29, 0.717) is 28.3 Å². The monoisotopic (exact) mass is 1020 g/mol. The number of hydrogen-bond acceptors (Lipinski definition) is 14. The molecule has 0 fully saturated rings. The number of rotatable bonds is 10. The third-order valence-electron chi connectivity index (χ3n) is 9.86. The minimum Gasteiger partial charge on any atom is -0.478 e. The molecule has 5 heterocycles. The number of aromatic carboxylic acids is 1. The predicted octanol–water partition coefficient (Wildman–Crippen LogP) is 6.90. The molecule has 0 atom stereocenters. The third kappa shape index (κ3) is 16.8. The van der Waals surface area contributed by atoms with Crippen LogP contribution in [0, 0.1) is 0 Å². The van der Waals surface area contributed by atoms with Gasteiger partial charge in [0.1, 0.15) is 6.26 Å². The highest BCUT2D eigenvalue weighted by molar-refractivity contribution is 5.89. The number of carboxylic acids is 1. The summed E-state index contributed by atoms with van der Waals surface area (Å²) < 4.78 is 80.5. The molecule has 382 valence electrons. The molecule has 0 saturated carbocycles. The molecule has 0 saturated heterocycles. The number of aliphatic hydroxyl groups is 1. The number of hydrogen-bond donors (Lipinski definition) is 2. The summed E-state index contributed by atoms with van der Waals surface area (Å²) in [5, 5.41) is 13.1. The van der Waals surface area contributed by atoms with Crippen molar-refractivity contribution >= 4 is 17.9 Å². The first kappa shape index (κ1) is 44.9. The molecule has 0 aliphatic carbocycles. The van der Waals surface area contributed by atoms with E-state index in [1.165, 1.54) is 112 Å². The Morgan fingerprint density at radius 2 is 0.867 bits per heavy atom. The van der Waals surface area contributed by atoms with Crippen LogP contribution in [0.2, 0.25) is 0 Å². The number of methoxy groups -OCH3 is 3. The molecule has 5 aromatic heterocycles. The van der Waals surface area contributed by atoms with Gasteiger partial charge >= 0.3 is 23.5 Å². The van der Waals surface area contributed by atoms with Gasteiger partial charge in [0.15, 0.2) is 0 Å². The highest BCUT2D eigenvalue weighted by atomic mass is 16.5. The summed E-state index contributed by atoms with van der Waals surface area (Å²) in [5.41, 5.74) is 1.70. The van der Waals surface area contributed by atoms with E-state index in [4.69, 9.17) is 11.0 Å². The number of aromatic nitrogens is 4. The molecule has 0 radical (unpaired) electrons. The van der Waals surface area contributed by atoms with E-state index in [1.807, 2.05) is 30.3 Å². The van der Waals surface area contributed by atoms with Crippen LogP contribution < -0.4 is 27.9 Å². The molecule has 0 amide bonds. The predicted molar refractivity (Wildman–Crippen MR) is 279 cm³/mol. The number of benzene rings is 4. The molecule has 9 rings (SSSR count). The van der Waals surface area contributed by atoms with E-state index in [0.717, 1.165) is 12.3 Å². The minimum absolute atomic E-state index is 0.0425. The van der Waals surface area contributed by atoms with Crippen LogP contribution in [-0.2, 0) is 27.3 Å². The van der Waals surface area contributed by atoms with Gasteiger partial charge in [-0.2, -0.15) is 0 Å². The zero-order chi connectivity index (χ0) is 60.9. The fraction of sp³-hybridized carbons (Fsp3) is 0.0877. The number of para-hydroxylation sites is 4.